The van der Waals surface area contributed by atoms with Crippen molar-refractivity contribution in [2.45, 2.75) is 39.2 Å². The number of ketones is 1. The largest absolute Gasteiger partial charge is 0.324 e. The predicted octanol–water partition coefficient (Wildman–Crippen LogP) is 2.91. The normalized spacial score (nSPS) is 17.4. The zero-order valence-corrected chi connectivity index (χ0v) is 14.6. The van der Waals surface area contributed by atoms with Gasteiger partial charge in [-0.05, 0) is 38.8 Å². The second-order valence-corrected chi connectivity index (χ2v) is 6.33. The SMILES string of the molecule is CCn1cnnc1[C@@H]1CCCN(C(=O)Nc2cccc(C(C)=O)c2)C1. The molecular weight excluding hydrogens is 318 g/mol. The number of anilines is 1. The van der Waals surface area contributed by atoms with E-state index in [0.29, 0.717) is 17.8 Å². The first-order chi connectivity index (χ1) is 12.1. The van der Waals surface area contributed by atoms with E-state index in [1.807, 2.05) is 9.47 Å². The number of carbonyl (C=O) groups excluding carboxylic acids is 2. The number of likely N-dealkylation sites (tertiary alicyclic amines) is 1. The molecule has 2 aromatic rings. The van der Waals surface area contributed by atoms with Crippen molar-refractivity contribution in [3.05, 3.63) is 42.0 Å². The molecular formula is C18H23N5O2. The van der Waals surface area contributed by atoms with Crippen molar-refractivity contribution in [2.24, 2.45) is 0 Å². The summed E-state index contributed by atoms with van der Waals surface area (Å²) < 4.78 is 2.03. The van der Waals surface area contributed by atoms with Gasteiger partial charge in [0.25, 0.3) is 0 Å². The zero-order valence-electron chi connectivity index (χ0n) is 14.6. The molecule has 0 unspecified atom stereocenters. The van der Waals surface area contributed by atoms with Crippen LogP contribution < -0.4 is 5.32 Å². The number of rotatable bonds is 4. The number of aromatic nitrogens is 3. The van der Waals surface area contributed by atoms with Crippen LogP contribution in [0.15, 0.2) is 30.6 Å². The lowest BCUT2D eigenvalue weighted by Gasteiger charge is -2.32. The van der Waals surface area contributed by atoms with Crippen LogP contribution in [0.25, 0.3) is 0 Å². The lowest BCUT2D eigenvalue weighted by Crippen LogP contribution is -2.42. The Morgan fingerprint density at radius 1 is 1.36 bits per heavy atom. The van der Waals surface area contributed by atoms with Gasteiger partial charge >= 0.3 is 6.03 Å². The van der Waals surface area contributed by atoms with Crippen LogP contribution in [0.1, 0.15) is 48.8 Å². The molecule has 0 aliphatic carbocycles. The third-order valence-electron chi connectivity index (χ3n) is 4.58. The summed E-state index contributed by atoms with van der Waals surface area (Å²) >= 11 is 0. The third-order valence-corrected chi connectivity index (χ3v) is 4.58. The third kappa shape index (κ3) is 3.87. The van der Waals surface area contributed by atoms with E-state index in [4.69, 9.17) is 0 Å². The van der Waals surface area contributed by atoms with E-state index in [1.165, 1.54) is 6.92 Å². The van der Waals surface area contributed by atoms with E-state index in [9.17, 15) is 9.59 Å². The molecule has 3 rings (SSSR count). The average molecular weight is 341 g/mol. The number of benzene rings is 1. The Labute approximate surface area is 147 Å². The fraction of sp³-hybridized carbons (Fsp3) is 0.444. The molecule has 0 bridgehead atoms. The fourth-order valence-electron chi connectivity index (χ4n) is 3.21. The number of nitrogens with zero attached hydrogens (tertiary/aromatic N) is 4. The number of carbonyl (C=O) groups is 2. The van der Waals surface area contributed by atoms with Crippen LogP contribution in [0.5, 0.6) is 0 Å². The van der Waals surface area contributed by atoms with Gasteiger partial charge in [0.1, 0.15) is 12.2 Å². The fourth-order valence-corrected chi connectivity index (χ4v) is 3.21. The minimum atomic E-state index is -0.145. The summed E-state index contributed by atoms with van der Waals surface area (Å²) in [5.74, 6) is 1.12. The number of amides is 2. The highest BCUT2D eigenvalue weighted by Crippen LogP contribution is 2.26. The van der Waals surface area contributed by atoms with Crippen LogP contribution >= 0.6 is 0 Å². The van der Waals surface area contributed by atoms with Crippen molar-refractivity contribution < 1.29 is 9.59 Å². The van der Waals surface area contributed by atoms with E-state index in [-0.39, 0.29) is 17.7 Å². The van der Waals surface area contributed by atoms with Crippen molar-refractivity contribution in [1.82, 2.24) is 19.7 Å². The van der Waals surface area contributed by atoms with Crippen molar-refractivity contribution in [1.29, 1.82) is 0 Å². The van der Waals surface area contributed by atoms with Crippen LogP contribution in [0.3, 0.4) is 0 Å². The lowest BCUT2D eigenvalue weighted by molar-refractivity contribution is 0.101. The Balaban J connectivity index is 1.68. The summed E-state index contributed by atoms with van der Waals surface area (Å²) in [5, 5.41) is 11.1. The van der Waals surface area contributed by atoms with Crippen molar-refractivity contribution in [3.8, 4) is 0 Å². The van der Waals surface area contributed by atoms with Crippen LogP contribution in [0, 0.1) is 0 Å². The molecule has 132 valence electrons. The molecule has 0 radical (unpaired) electrons. The van der Waals surface area contributed by atoms with Gasteiger partial charge in [0.15, 0.2) is 5.78 Å². The highest BCUT2D eigenvalue weighted by Gasteiger charge is 2.27. The Morgan fingerprint density at radius 2 is 2.20 bits per heavy atom. The van der Waals surface area contributed by atoms with E-state index in [1.54, 1.807) is 30.6 Å². The van der Waals surface area contributed by atoms with Gasteiger partial charge in [0.2, 0.25) is 0 Å². The first-order valence-corrected chi connectivity index (χ1v) is 8.63. The summed E-state index contributed by atoms with van der Waals surface area (Å²) in [4.78, 5) is 25.9. The quantitative estimate of drug-likeness (QED) is 0.867. The van der Waals surface area contributed by atoms with E-state index in [2.05, 4.69) is 22.4 Å². The van der Waals surface area contributed by atoms with Gasteiger partial charge in [0, 0.05) is 36.8 Å². The minimum absolute atomic E-state index is 0.0203. The van der Waals surface area contributed by atoms with Gasteiger partial charge in [-0.15, -0.1) is 10.2 Å². The Kier molecular flexibility index (Phi) is 5.11. The maximum Gasteiger partial charge on any atom is 0.321 e. The Hall–Kier alpha value is -2.70. The summed E-state index contributed by atoms with van der Waals surface area (Å²) in [7, 11) is 0. The highest BCUT2D eigenvalue weighted by atomic mass is 16.2. The molecule has 1 saturated heterocycles. The second kappa shape index (κ2) is 7.46. The molecule has 1 aliphatic heterocycles. The zero-order chi connectivity index (χ0) is 17.8. The number of Topliss-reactive ketones (excluding diaryl/α,β-unsaturated/α-hetero) is 1. The average Bonchev–Trinajstić information content (AvgIpc) is 3.11. The Bertz CT molecular complexity index is 770. The number of nitrogens with one attached hydrogen (secondary N) is 1. The van der Waals surface area contributed by atoms with E-state index >= 15 is 0 Å². The number of hydrogen-bond donors (Lipinski definition) is 1. The molecule has 1 aromatic heterocycles. The number of piperidine rings is 1. The summed E-state index contributed by atoms with van der Waals surface area (Å²) in [6, 6.07) is 6.86. The molecule has 25 heavy (non-hydrogen) atoms. The van der Waals surface area contributed by atoms with E-state index < -0.39 is 0 Å². The molecule has 1 N–H and O–H groups in total. The first-order valence-electron chi connectivity index (χ1n) is 8.63. The molecule has 0 spiro atoms. The maximum atomic E-state index is 12.6. The summed E-state index contributed by atoms with van der Waals surface area (Å²) in [6.45, 7) is 5.73. The van der Waals surface area contributed by atoms with Crippen LogP contribution in [0.2, 0.25) is 0 Å². The summed E-state index contributed by atoms with van der Waals surface area (Å²) in [6.07, 6.45) is 3.67. The lowest BCUT2D eigenvalue weighted by atomic mass is 9.97. The highest BCUT2D eigenvalue weighted by molar-refractivity contribution is 5.96. The molecule has 1 atom stereocenters. The molecule has 1 aromatic carbocycles. The van der Waals surface area contributed by atoms with Crippen molar-refractivity contribution in [2.75, 3.05) is 18.4 Å². The summed E-state index contributed by atoms with van der Waals surface area (Å²) in [5.41, 5.74) is 1.22. The standard InChI is InChI=1S/C18H23N5O2/c1-3-22-12-19-21-17(22)15-7-5-9-23(11-15)18(25)20-16-8-4-6-14(10-16)13(2)24/h4,6,8,10,12,15H,3,5,7,9,11H2,1-2H3,(H,20,25)/t15-/m1/s1. The minimum Gasteiger partial charge on any atom is -0.324 e. The second-order valence-electron chi connectivity index (χ2n) is 6.33. The number of urea groups is 1. The molecule has 2 heterocycles. The topological polar surface area (TPSA) is 80.1 Å². The first kappa shape index (κ1) is 17.1. The number of hydrogen-bond acceptors (Lipinski definition) is 4. The van der Waals surface area contributed by atoms with Crippen molar-refractivity contribution in [3.63, 3.8) is 0 Å². The van der Waals surface area contributed by atoms with Crippen LogP contribution in [-0.2, 0) is 6.54 Å². The molecule has 7 nitrogen and oxygen atoms in total. The van der Waals surface area contributed by atoms with Crippen LogP contribution in [0.4, 0.5) is 10.5 Å². The van der Waals surface area contributed by atoms with Gasteiger partial charge in [-0.1, -0.05) is 12.1 Å². The van der Waals surface area contributed by atoms with Gasteiger partial charge in [-0.3, -0.25) is 4.79 Å². The van der Waals surface area contributed by atoms with Crippen LogP contribution in [-0.4, -0.2) is 44.6 Å². The van der Waals surface area contributed by atoms with E-state index in [0.717, 1.165) is 31.8 Å². The molecule has 0 saturated carbocycles. The predicted molar refractivity (Wildman–Crippen MR) is 94.7 cm³/mol. The number of aryl methyl sites for hydroxylation is 1. The smallest absolute Gasteiger partial charge is 0.321 e. The van der Waals surface area contributed by atoms with Gasteiger partial charge < -0.3 is 14.8 Å². The molecule has 2 amide bonds. The Morgan fingerprint density at radius 3 is 2.96 bits per heavy atom. The molecule has 7 heteroatoms. The van der Waals surface area contributed by atoms with Gasteiger partial charge in [0.05, 0.1) is 0 Å². The molecule has 1 fully saturated rings. The van der Waals surface area contributed by atoms with Crippen molar-refractivity contribution >= 4 is 17.5 Å². The van der Waals surface area contributed by atoms with Gasteiger partial charge in [-0.25, -0.2) is 4.79 Å². The van der Waals surface area contributed by atoms with Gasteiger partial charge in [-0.2, -0.15) is 0 Å². The monoisotopic (exact) mass is 341 g/mol. The molecule has 1 aliphatic rings. The maximum absolute atomic E-state index is 12.6.